The van der Waals surface area contributed by atoms with E-state index in [1.807, 2.05) is 19.9 Å². The van der Waals surface area contributed by atoms with E-state index in [2.05, 4.69) is 0 Å². The van der Waals surface area contributed by atoms with Gasteiger partial charge in [-0.15, -0.1) is 0 Å². The van der Waals surface area contributed by atoms with Crippen LogP contribution in [-0.2, 0) is 28.5 Å². The molecule has 14 nitrogen and oxygen atoms in total. The molecule has 0 bridgehead atoms. The van der Waals surface area contributed by atoms with Gasteiger partial charge in [-0.3, -0.25) is 0 Å². The quantitative estimate of drug-likeness (QED) is 0.134. The molecule has 0 aromatic heterocycles. The highest BCUT2D eigenvalue weighted by Crippen LogP contribution is 2.33. The standard InChI is InChI=1S/C23H38O14/c1-5-6-9(2)7-8-10(34-21-15(28)11(24)13(26)17(35-21)19(30)31)23(3,4)37-22-16(29)12(25)14(27)18(36-22)20(32)33/h6,10-18,21-22,24-29H,5,7-8H2,1-4H3,(H,30,31)(H,32,33)/b9-6+. The minimum atomic E-state index is -1.92. The zero-order valence-electron chi connectivity index (χ0n) is 21.1. The molecule has 37 heavy (non-hydrogen) atoms. The highest BCUT2D eigenvalue weighted by Gasteiger charge is 2.52. The second-order valence-electron chi connectivity index (χ2n) is 9.81. The Morgan fingerprint density at radius 3 is 1.76 bits per heavy atom. The van der Waals surface area contributed by atoms with Crippen molar-refractivity contribution in [3.63, 3.8) is 0 Å². The monoisotopic (exact) mass is 538 g/mol. The number of rotatable bonds is 11. The van der Waals surface area contributed by atoms with Crippen molar-refractivity contribution in [3.05, 3.63) is 11.6 Å². The predicted molar refractivity (Wildman–Crippen MR) is 122 cm³/mol. The van der Waals surface area contributed by atoms with E-state index < -0.39 is 85.1 Å². The fourth-order valence-corrected chi connectivity index (χ4v) is 4.24. The van der Waals surface area contributed by atoms with Crippen molar-refractivity contribution in [2.75, 3.05) is 0 Å². The van der Waals surface area contributed by atoms with E-state index in [4.69, 9.17) is 18.9 Å². The molecule has 214 valence electrons. The first-order valence-electron chi connectivity index (χ1n) is 12.0. The Labute approximate surface area is 213 Å². The average Bonchev–Trinajstić information content (AvgIpc) is 2.81. The smallest absolute Gasteiger partial charge is 0.335 e. The lowest BCUT2D eigenvalue weighted by Crippen LogP contribution is -2.63. The summed E-state index contributed by atoms with van der Waals surface area (Å²) in [5.41, 5.74) is -0.499. The topological polar surface area (TPSA) is 233 Å². The minimum Gasteiger partial charge on any atom is -0.479 e. The first-order valence-corrected chi connectivity index (χ1v) is 12.0. The number of carbonyl (C=O) groups is 2. The maximum atomic E-state index is 11.5. The van der Waals surface area contributed by atoms with Crippen molar-refractivity contribution < 1.29 is 69.4 Å². The molecule has 2 saturated heterocycles. The van der Waals surface area contributed by atoms with Crippen molar-refractivity contribution in [3.8, 4) is 0 Å². The zero-order chi connectivity index (χ0) is 28.2. The van der Waals surface area contributed by atoms with E-state index in [0.29, 0.717) is 6.42 Å². The van der Waals surface area contributed by atoms with Crippen LogP contribution < -0.4 is 0 Å². The summed E-state index contributed by atoms with van der Waals surface area (Å²) in [4.78, 5) is 22.9. The number of hydrogen-bond donors (Lipinski definition) is 8. The Kier molecular flexibility index (Phi) is 11.0. The third-order valence-corrected chi connectivity index (χ3v) is 6.47. The van der Waals surface area contributed by atoms with E-state index in [9.17, 15) is 50.4 Å². The SMILES string of the molecule is CC/C=C(\C)CCC(OC1OC(C(=O)O)C(O)C(O)C1O)C(C)(C)OC1OC(C(=O)O)C(O)C(O)C1O. The number of carboxylic acids is 2. The summed E-state index contributed by atoms with van der Waals surface area (Å²) in [6, 6.07) is 0. The molecule has 11 atom stereocenters. The summed E-state index contributed by atoms with van der Waals surface area (Å²) in [6.45, 7) is 6.77. The molecule has 2 rings (SSSR count). The molecule has 0 saturated carbocycles. The van der Waals surface area contributed by atoms with Crippen molar-refractivity contribution in [2.24, 2.45) is 0 Å². The van der Waals surface area contributed by atoms with Crippen LogP contribution in [0.3, 0.4) is 0 Å². The average molecular weight is 539 g/mol. The number of aliphatic hydroxyl groups excluding tert-OH is 6. The van der Waals surface area contributed by atoms with E-state index in [1.54, 1.807) is 0 Å². The second kappa shape index (κ2) is 12.9. The number of aliphatic hydroxyl groups is 6. The van der Waals surface area contributed by atoms with E-state index >= 15 is 0 Å². The minimum absolute atomic E-state index is 0.189. The van der Waals surface area contributed by atoms with Gasteiger partial charge in [-0.1, -0.05) is 18.6 Å². The molecule has 2 fully saturated rings. The molecule has 0 radical (unpaired) electrons. The third-order valence-electron chi connectivity index (χ3n) is 6.47. The summed E-state index contributed by atoms with van der Waals surface area (Å²) in [7, 11) is 0. The lowest BCUT2D eigenvalue weighted by molar-refractivity contribution is -0.348. The van der Waals surface area contributed by atoms with Gasteiger partial charge < -0.3 is 59.8 Å². The number of allylic oxidation sites excluding steroid dienone is 2. The summed E-state index contributed by atoms with van der Waals surface area (Å²) < 4.78 is 22.1. The van der Waals surface area contributed by atoms with Crippen LogP contribution in [0.5, 0.6) is 0 Å². The van der Waals surface area contributed by atoms with Crippen LogP contribution >= 0.6 is 0 Å². The van der Waals surface area contributed by atoms with Crippen LogP contribution in [0.15, 0.2) is 11.6 Å². The van der Waals surface area contributed by atoms with E-state index in [0.717, 1.165) is 12.0 Å². The summed E-state index contributed by atoms with van der Waals surface area (Å²) in [6.07, 6.45) is -16.2. The number of aliphatic carboxylic acids is 2. The first kappa shape index (κ1) is 31.5. The molecule has 0 aromatic carbocycles. The normalized spacial score (nSPS) is 38.3. The summed E-state index contributed by atoms with van der Waals surface area (Å²) in [5, 5.41) is 79.5. The van der Waals surface area contributed by atoms with Gasteiger partial charge in [0.25, 0.3) is 0 Å². The van der Waals surface area contributed by atoms with Gasteiger partial charge >= 0.3 is 11.9 Å². The number of hydrogen-bond acceptors (Lipinski definition) is 12. The maximum absolute atomic E-state index is 11.5. The fraction of sp³-hybridized carbons (Fsp3) is 0.826. The molecule has 0 amide bonds. The molecule has 14 heteroatoms. The number of ether oxygens (including phenoxy) is 4. The largest absolute Gasteiger partial charge is 0.479 e. The predicted octanol–water partition coefficient (Wildman–Crippen LogP) is -1.91. The lowest BCUT2D eigenvalue weighted by atomic mass is 9.93. The van der Waals surface area contributed by atoms with Crippen molar-refractivity contribution in [1.29, 1.82) is 0 Å². The highest BCUT2D eigenvalue weighted by atomic mass is 16.7. The molecule has 11 unspecified atom stereocenters. The second-order valence-corrected chi connectivity index (χ2v) is 9.81. The molecule has 0 aromatic rings. The van der Waals surface area contributed by atoms with Crippen molar-refractivity contribution in [2.45, 2.75) is 120 Å². The number of carboxylic acid groups (broad SMARTS) is 2. The Bertz CT molecular complexity index is 815. The third kappa shape index (κ3) is 7.44. The molecular formula is C23H38O14. The molecular weight excluding hydrogens is 500 g/mol. The van der Waals surface area contributed by atoms with Gasteiger partial charge in [0, 0.05) is 0 Å². The van der Waals surface area contributed by atoms with Gasteiger partial charge in [-0.05, 0) is 40.0 Å². The van der Waals surface area contributed by atoms with Crippen LogP contribution in [0.25, 0.3) is 0 Å². The molecule has 8 N–H and O–H groups in total. The lowest BCUT2D eigenvalue weighted by Gasteiger charge is -2.45. The van der Waals surface area contributed by atoms with Crippen LogP contribution in [0.1, 0.15) is 47.0 Å². The van der Waals surface area contributed by atoms with Gasteiger partial charge in [0.1, 0.15) is 36.6 Å². The van der Waals surface area contributed by atoms with Crippen LogP contribution in [-0.4, -0.2) is 126 Å². The van der Waals surface area contributed by atoms with Gasteiger partial charge in [0.05, 0.1) is 11.7 Å². The zero-order valence-corrected chi connectivity index (χ0v) is 21.1. The Balaban J connectivity index is 2.31. The van der Waals surface area contributed by atoms with Gasteiger partial charge in [-0.25, -0.2) is 9.59 Å². The Hall–Kier alpha value is -1.72. The van der Waals surface area contributed by atoms with E-state index in [-0.39, 0.29) is 6.42 Å². The Morgan fingerprint density at radius 2 is 1.30 bits per heavy atom. The Morgan fingerprint density at radius 1 is 0.838 bits per heavy atom. The van der Waals surface area contributed by atoms with E-state index in [1.165, 1.54) is 13.8 Å². The molecule has 2 heterocycles. The van der Waals surface area contributed by atoms with Crippen molar-refractivity contribution in [1.82, 2.24) is 0 Å². The molecule has 2 aliphatic rings. The molecule has 0 aliphatic carbocycles. The first-order chi connectivity index (χ1) is 17.1. The van der Waals surface area contributed by atoms with Crippen LogP contribution in [0.4, 0.5) is 0 Å². The highest BCUT2D eigenvalue weighted by molar-refractivity contribution is 5.73. The van der Waals surface area contributed by atoms with Crippen LogP contribution in [0, 0.1) is 0 Å². The van der Waals surface area contributed by atoms with Gasteiger partial charge in [0.2, 0.25) is 0 Å². The van der Waals surface area contributed by atoms with Crippen LogP contribution in [0.2, 0.25) is 0 Å². The van der Waals surface area contributed by atoms with Crippen molar-refractivity contribution >= 4 is 11.9 Å². The molecule has 0 spiro atoms. The molecule has 2 aliphatic heterocycles. The van der Waals surface area contributed by atoms with Gasteiger partial charge in [-0.2, -0.15) is 0 Å². The van der Waals surface area contributed by atoms with Gasteiger partial charge in [0.15, 0.2) is 24.8 Å². The fourth-order valence-electron chi connectivity index (χ4n) is 4.24. The summed E-state index contributed by atoms with van der Waals surface area (Å²) >= 11 is 0. The maximum Gasteiger partial charge on any atom is 0.335 e. The summed E-state index contributed by atoms with van der Waals surface area (Å²) in [5.74, 6) is -3.18.